The number of carbonyl (C=O) groups is 5. The molecule has 6 heterocycles. The zero-order valence-corrected chi connectivity index (χ0v) is 39.0. The molecule has 1 unspecified atom stereocenters. The van der Waals surface area contributed by atoms with Gasteiger partial charge in [-0.25, -0.2) is 17.8 Å². The van der Waals surface area contributed by atoms with Crippen LogP contribution in [-0.4, -0.2) is 103 Å². The molecule has 71 heavy (non-hydrogen) atoms. The number of fused-ring (bicyclic) bond motifs is 2. The average Bonchev–Trinajstić information content (AvgIpc) is 4.03. The summed E-state index contributed by atoms with van der Waals surface area (Å²) >= 11 is 0. The number of aryl methyl sites for hydroxylation is 1. The van der Waals surface area contributed by atoms with Gasteiger partial charge in [0.2, 0.25) is 17.7 Å². The quantitative estimate of drug-likeness (QED) is 0.100. The molecule has 4 aliphatic rings. The van der Waals surface area contributed by atoms with Crippen molar-refractivity contribution in [3.05, 3.63) is 102 Å². The topological polar surface area (TPSA) is 246 Å². The van der Waals surface area contributed by atoms with E-state index in [2.05, 4.69) is 15.6 Å². The van der Waals surface area contributed by atoms with Crippen LogP contribution in [0.4, 0.5) is 30.4 Å². The number of nitrogens with two attached hydrogens (primary N) is 1. The van der Waals surface area contributed by atoms with Gasteiger partial charge in [-0.05, 0) is 81.0 Å². The number of anilines is 3. The van der Waals surface area contributed by atoms with Crippen molar-refractivity contribution in [1.82, 2.24) is 39.7 Å². The number of ether oxygens (including phenoxy) is 1. The standard InChI is InChI=1S/C48H46F3N11O8S/c1-24(25-6-9-29(49)10-7-25)70-37-20-26(8-11-34(37)58-71(68,69)48(50)51)41-40-42(59(2)57-41)33(22-53-43(40)52)28-21-54-61(23-28)31-14-16-60(17-15-31)45(65)27-18-30(19-27)55-35-5-3-4-32-39(35)47(67)62(46(32)66)36-12-13-38(63)56-44(36)64/h3-11,20-24,27,30-31,36,48,55,58H,12-19H2,1-2H3,(H2,52,53)(H,56,63,64)/t24-,27-,30+,36?/m0/s1. The molecule has 5 N–H and O–H groups in total. The molecule has 0 spiro atoms. The van der Waals surface area contributed by atoms with Crippen LogP contribution in [0, 0.1) is 11.7 Å². The zero-order chi connectivity index (χ0) is 50.0. The first-order valence-corrected chi connectivity index (χ1v) is 24.4. The van der Waals surface area contributed by atoms with Crippen molar-refractivity contribution in [3.63, 3.8) is 0 Å². The van der Waals surface area contributed by atoms with Crippen LogP contribution < -0.4 is 25.8 Å². The van der Waals surface area contributed by atoms with Crippen LogP contribution in [0.25, 0.3) is 33.3 Å². The van der Waals surface area contributed by atoms with Crippen molar-refractivity contribution >= 4 is 67.7 Å². The lowest BCUT2D eigenvalue weighted by Crippen LogP contribution is -2.54. The molecule has 3 aliphatic heterocycles. The second-order valence-corrected chi connectivity index (χ2v) is 19.8. The fourth-order valence-electron chi connectivity index (χ4n) is 9.87. The minimum atomic E-state index is -5.09. The number of rotatable bonds is 13. The Morgan fingerprint density at radius 3 is 2.39 bits per heavy atom. The summed E-state index contributed by atoms with van der Waals surface area (Å²) in [6.45, 7) is 2.67. The van der Waals surface area contributed by atoms with E-state index in [0.29, 0.717) is 77.7 Å². The maximum atomic E-state index is 13.7. The Morgan fingerprint density at radius 2 is 1.68 bits per heavy atom. The summed E-state index contributed by atoms with van der Waals surface area (Å²) in [5.74, 6) is -6.64. The normalized spacial score (nSPS) is 20.0. The number of carbonyl (C=O) groups excluding carboxylic acids is 5. The molecule has 10 rings (SSSR count). The van der Waals surface area contributed by atoms with Crippen LogP contribution in [0.15, 0.2) is 79.3 Å². The first-order chi connectivity index (χ1) is 33.9. The number of halogens is 3. The van der Waals surface area contributed by atoms with Gasteiger partial charge in [-0.1, -0.05) is 24.3 Å². The molecule has 5 amide bonds. The predicted molar refractivity (Wildman–Crippen MR) is 252 cm³/mol. The van der Waals surface area contributed by atoms with E-state index in [1.54, 1.807) is 43.2 Å². The summed E-state index contributed by atoms with van der Waals surface area (Å²) in [5.41, 5.74) is 10.3. The second-order valence-electron chi connectivity index (χ2n) is 18.1. The molecule has 2 saturated heterocycles. The molecule has 6 aromatic rings. The smallest absolute Gasteiger partial charge is 0.355 e. The summed E-state index contributed by atoms with van der Waals surface area (Å²) in [4.78, 5) is 72.1. The van der Waals surface area contributed by atoms with Crippen molar-refractivity contribution in [1.29, 1.82) is 0 Å². The number of amides is 5. The lowest BCUT2D eigenvalue weighted by atomic mass is 9.78. The molecule has 1 aliphatic carbocycles. The lowest BCUT2D eigenvalue weighted by molar-refractivity contribution is -0.140. The molecule has 3 aromatic heterocycles. The van der Waals surface area contributed by atoms with Gasteiger partial charge in [0.25, 0.3) is 21.8 Å². The molecule has 3 aromatic carbocycles. The summed E-state index contributed by atoms with van der Waals surface area (Å²) in [7, 11) is -3.36. The van der Waals surface area contributed by atoms with E-state index in [-0.39, 0.29) is 65.1 Å². The molecular weight excluding hydrogens is 948 g/mol. The van der Waals surface area contributed by atoms with Crippen molar-refractivity contribution in [2.45, 2.75) is 75.4 Å². The van der Waals surface area contributed by atoms with E-state index >= 15 is 0 Å². The van der Waals surface area contributed by atoms with Crippen LogP contribution >= 0.6 is 0 Å². The van der Waals surface area contributed by atoms with Gasteiger partial charge in [-0.3, -0.25) is 48.3 Å². The summed E-state index contributed by atoms with van der Waals surface area (Å²) < 4.78 is 76.7. The van der Waals surface area contributed by atoms with E-state index in [1.807, 2.05) is 20.5 Å². The van der Waals surface area contributed by atoms with E-state index in [9.17, 15) is 45.6 Å². The zero-order valence-electron chi connectivity index (χ0n) is 38.1. The van der Waals surface area contributed by atoms with Crippen LogP contribution in [0.3, 0.4) is 0 Å². The average molecular weight is 994 g/mol. The monoisotopic (exact) mass is 993 g/mol. The summed E-state index contributed by atoms with van der Waals surface area (Å²) in [6.07, 6.45) is 6.90. The Bertz CT molecular complexity index is 3280. The maximum Gasteiger partial charge on any atom is 0.355 e. The molecule has 23 heteroatoms. The van der Waals surface area contributed by atoms with Crippen LogP contribution in [-0.2, 0) is 31.5 Å². The Labute approximate surface area is 403 Å². The van der Waals surface area contributed by atoms with E-state index < -0.39 is 57.4 Å². The molecular formula is C48H46F3N11O8S. The number of aromatic nitrogens is 5. The third kappa shape index (κ3) is 8.67. The first-order valence-electron chi connectivity index (χ1n) is 22.9. The number of hydrogen-bond donors (Lipinski definition) is 4. The van der Waals surface area contributed by atoms with Gasteiger partial charge >= 0.3 is 5.76 Å². The van der Waals surface area contributed by atoms with Gasteiger partial charge < -0.3 is 20.7 Å². The van der Waals surface area contributed by atoms with E-state index in [0.717, 1.165) is 10.5 Å². The van der Waals surface area contributed by atoms with Gasteiger partial charge in [0.15, 0.2) is 0 Å². The summed E-state index contributed by atoms with van der Waals surface area (Å²) in [5, 5.41) is 15.5. The molecule has 0 bridgehead atoms. The molecule has 19 nitrogen and oxygen atoms in total. The Balaban J connectivity index is 0.801. The third-order valence-electron chi connectivity index (χ3n) is 13.7. The lowest BCUT2D eigenvalue weighted by Gasteiger charge is -2.40. The largest absolute Gasteiger partial charge is 0.484 e. The highest BCUT2D eigenvalue weighted by Crippen LogP contribution is 2.42. The Hall–Kier alpha value is -7.82. The minimum absolute atomic E-state index is 0.0140. The van der Waals surface area contributed by atoms with E-state index in [1.165, 1.54) is 48.5 Å². The second kappa shape index (κ2) is 18.2. The fraction of sp³-hybridized carbons (Fsp3) is 0.333. The van der Waals surface area contributed by atoms with Gasteiger partial charge in [-0.15, -0.1) is 0 Å². The number of nitrogens with zero attached hydrogens (tertiary/aromatic N) is 7. The van der Waals surface area contributed by atoms with Crippen LogP contribution in [0.1, 0.15) is 83.9 Å². The minimum Gasteiger partial charge on any atom is -0.484 e. The number of imide groups is 2. The van der Waals surface area contributed by atoms with Crippen molar-refractivity contribution in [3.8, 4) is 28.1 Å². The molecule has 0 radical (unpaired) electrons. The van der Waals surface area contributed by atoms with Crippen molar-refractivity contribution < 1.29 is 50.3 Å². The highest BCUT2D eigenvalue weighted by atomic mass is 32.2. The van der Waals surface area contributed by atoms with Gasteiger partial charge in [-0.2, -0.15) is 19.0 Å². The highest BCUT2D eigenvalue weighted by molar-refractivity contribution is 7.93. The Kier molecular flexibility index (Phi) is 12.0. The first kappa shape index (κ1) is 46.9. The SMILES string of the molecule is C[C@H](Oc1cc(-c2nn(C)c3c(-c4cnn(C5CCN(C(=O)[C@H]6C[C@@H](Nc7cccc8c7C(=O)N(C7CCC(=O)NC7=O)C8=O)C6)CC5)c4)cnc(N)c23)ccc1NS(=O)(=O)C(F)F)c1ccc(F)cc1. The number of likely N-dealkylation sites (tertiary alicyclic amines) is 1. The van der Waals surface area contributed by atoms with Crippen molar-refractivity contribution in [2.75, 3.05) is 28.9 Å². The molecule has 1 saturated carbocycles. The van der Waals surface area contributed by atoms with Crippen LogP contribution in [0.5, 0.6) is 5.75 Å². The van der Waals surface area contributed by atoms with Gasteiger partial charge in [0.1, 0.15) is 35.2 Å². The number of sulfonamides is 1. The predicted octanol–water partition coefficient (Wildman–Crippen LogP) is 5.78. The number of piperidine rings is 2. The number of nitrogens with one attached hydrogen (secondary N) is 3. The molecule has 3 fully saturated rings. The highest BCUT2D eigenvalue weighted by Gasteiger charge is 2.46. The number of nitrogen functional groups attached to an aromatic ring is 1. The Morgan fingerprint density at radius 1 is 0.930 bits per heavy atom. The fourth-order valence-corrected chi connectivity index (χ4v) is 10.4. The number of benzene rings is 3. The summed E-state index contributed by atoms with van der Waals surface area (Å²) in [6, 6.07) is 13.4. The molecule has 368 valence electrons. The van der Waals surface area contributed by atoms with E-state index in [4.69, 9.17) is 20.7 Å². The maximum absolute atomic E-state index is 13.7. The van der Waals surface area contributed by atoms with Crippen LogP contribution in [0.2, 0.25) is 0 Å². The van der Waals surface area contributed by atoms with Crippen molar-refractivity contribution in [2.24, 2.45) is 13.0 Å². The molecule has 2 atom stereocenters. The van der Waals surface area contributed by atoms with Gasteiger partial charge in [0.05, 0.1) is 40.0 Å². The number of pyridine rings is 1. The third-order valence-corrected chi connectivity index (χ3v) is 14.6. The number of alkyl halides is 2. The van der Waals surface area contributed by atoms with Gasteiger partial charge in [0, 0.05) is 73.3 Å². The number of hydrogen-bond acceptors (Lipinski definition) is 13.